The molecule has 0 aliphatic carbocycles. The maximum Gasteiger partial charge on any atom is 0.159 e. The second-order valence-corrected chi connectivity index (χ2v) is 4.05. The van der Waals surface area contributed by atoms with Crippen LogP contribution in [0.15, 0.2) is 42.6 Å². The Balaban J connectivity index is 2.18. The zero-order valence-electron chi connectivity index (χ0n) is 9.64. The topological polar surface area (TPSA) is 37.8 Å². The summed E-state index contributed by atoms with van der Waals surface area (Å²) in [4.78, 5) is 9.17. The molecule has 1 aliphatic heterocycles. The van der Waals surface area contributed by atoms with E-state index in [1.165, 1.54) is 0 Å². The first-order valence-electron chi connectivity index (χ1n) is 5.68. The second kappa shape index (κ2) is 4.01. The molecular weight excluding hydrogens is 210 g/mol. The van der Waals surface area contributed by atoms with E-state index in [0.717, 1.165) is 34.5 Å². The lowest BCUT2D eigenvalue weighted by atomic mass is 10.1. The van der Waals surface area contributed by atoms with Crippen molar-refractivity contribution in [1.29, 1.82) is 0 Å². The van der Waals surface area contributed by atoms with Crippen LogP contribution in [0.5, 0.6) is 0 Å². The zero-order valence-corrected chi connectivity index (χ0v) is 9.64. The minimum Gasteiger partial charge on any atom is -0.387 e. The van der Waals surface area contributed by atoms with Gasteiger partial charge in [0, 0.05) is 23.2 Å². The molecule has 1 aromatic heterocycles. The summed E-state index contributed by atoms with van der Waals surface area (Å²) in [6.45, 7) is 2.86. The lowest BCUT2D eigenvalue weighted by molar-refractivity contribution is 0.969. The monoisotopic (exact) mass is 223 g/mol. The number of allylic oxidation sites excluding steroid dienone is 2. The summed E-state index contributed by atoms with van der Waals surface area (Å²) in [6, 6.07) is 8.10. The van der Waals surface area contributed by atoms with E-state index in [1.807, 2.05) is 37.4 Å². The van der Waals surface area contributed by atoms with Gasteiger partial charge in [-0.2, -0.15) is 0 Å². The van der Waals surface area contributed by atoms with E-state index < -0.39 is 0 Å². The van der Waals surface area contributed by atoms with Gasteiger partial charge in [0.25, 0.3) is 0 Å². The Hall–Kier alpha value is -2.16. The van der Waals surface area contributed by atoms with Gasteiger partial charge in [0.05, 0.1) is 5.52 Å². The van der Waals surface area contributed by atoms with Crippen molar-refractivity contribution in [3.8, 4) is 0 Å². The summed E-state index contributed by atoms with van der Waals surface area (Å²) in [6.07, 6.45) is 6.04. The van der Waals surface area contributed by atoms with E-state index in [0.29, 0.717) is 0 Å². The Kier molecular flexibility index (Phi) is 2.37. The Morgan fingerprint density at radius 1 is 1.18 bits per heavy atom. The van der Waals surface area contributed by atoms with Gasteiger partial charge in [-0.3, -0.25) is 0 Å². The molecule has 3 rings (SSSR count). The fraction of sp³-hybridized carbons (Fsp3) is 0.143. The van der Waals surface area contributed by atoms with Gasteiger partial charge in [-0.05, 0) is 25.3 Å². The van der Waals surface area contributed by atoms with Crippen LogP contribution in [0, 0.1) is 6.92 Å². The number of nitrogens with zero attached hydrogens (tertiary/aromatic N) is 2. The average Bonchev–Trinajstić information content (AvgIpc) is 2.40. The molecule has 3 heteroatoms. The van der Waals surface area contributed by atoms with E-state index in [9.17, 15) is 0 Å². The van der Waals surface area contributed by atoms with Crippen LogP contribution in [0.3, 0.4) is 0 Å². The number of aromatic nitrogens is 2. The van der Waals surface area contributed by atoms with Crippen molar-refractivity contribution in [3.63, 3.8) is 0 Å². The van der Waals surface area contributed by atoms with Crippen LogP contribution in [0.4, 0.5) is 0 Å². The highest BCUT2D eigenvalue weighted by molar-refractivity contribution is 5.83. The predicted molar refractivity (Wildman–Crippen MR) is 69.4 cm³/mol. The molecule has 0 saturated carbocycles. The number of aryl methyl sites for hydroxylation is 1. The summed E-state index contributed by atoms with van der Waals surface area (Å²) in [5.41, 5.74) is 3.11. The van der Waals surface area contributed by atoms with Gasteiger partial charge in [-0.15, -0.1) is 0 Å². The van der Waals surface area contributed by atoms with Crippen molar-refractivity contribution in [2.24, 2.45) is 0 Å². The molecule has 0 spiro atoms. The first-order valence-corrected chi connectivity index (χ1v) is 5.68. The van der Waals surface area contributed by atoms with Crippen LogP contribution in [0.1, 0.15) is 11.5 Å². The highest BCUT2D eigenvalue weighted by atomic mass is 14.9. The maximum absolute atomic E-state index is 4.60. The SMILES string of the molecule is Cc1nc(C2=CCNC=C2)nc2ccccc12. The predicted octanol–water partition coefficient (Wildman–Crippen LogP) is 2.44. The number of nitrogens with one attached hydrogen (secondary N) is 1. The smallest absolute Gasteiger partial charge is 0.159 e. The van der Waals surface area contributed by atoms with Gasteiger partial charge >= 0.3 is 0 Å². The fourth-order valence-electron chi connectivity index (χ4n) is 1.98. The number of rotatable bonds is 1. The Morgan fingerprint density at radius 3 is 2.88 bits per heavy atom. The molecule has 0 bridgehead atoms. The third kappa shape index (κ3) is 1.80. The van der Waals surface area contributed by atoms with Crippen LogP contribution in [0.2, 0.25) is 0 Å². The maximum atomic E-state index is 4.60. The van der Waals surface area contributed by atoms with Crippen molar-refractivity contribution in [1.82, 2.24) is 15.3 Å². The Morgan fingerprint density at radius 2 is 2.06 bits per heavy atom. The first-order chi connectivity index (χ1) is 8.34. The molecule has 3 nitrogen and oxygen atoms in total. The molecule has 17 heavy (non-hydrogen) atoms. The van der Waals surface area contributed by atoms with Crippen LogP contribution in [-0.4, -0.2) is 16.5 Å². The Bertz CT molecular complexity index is 626. The van der Waals surface area contributed by atoms with Crippen molar-refractivity contribution in [2.75, 3.05) is 6.54 Å². The second-order valence-electron chi connectivity index (χ2n) is 4.05. The van der Waals surface area contributed by atoms with Crippen LogP contribution in [-0.2, 0) is 0 Å². The summed E-state index contributed by atoms with van der Waals surface area (Å²) < 4.78 is 0. The molecule has 0 unspecified atom stereocenters. The Labute approximate surface area is 99.9 Å². The third-order valence-corrected chi connectivity index (χ3v) is 2.87. The molecule has 1 N–H and O–H groups in total. The number of hydrogen-bond acceptors (Lipinski definition) is 3. The molecule has 0 atom stereocenters. The van der Waals surface area contributed by atoms with Gasteiger partial charge in [-0.1, -0.05) is 24.3 Å². The average molecular weight is 223 g/mol. The zero-order chi connectivity index (χ0) is 11.7. The van der Waals surface area contributed by atoms with Crippen LogP contribution < -0.4 is 5.32 Å². The standard InChI is InChI=1S/C14H13N3/c1-10-12-4-2-3-5-13(12)17-14(16-10)11-6-8-15-9-7-11/h2-8,15H,9H2,1H3. The highest BCUT2D eigenvalue weighted by Gasteiger charge is 2.07. The fourth-order valence-corrected chi connectivity index (χ4v) is 1.98. The van der Waals surface area contributed by atoms with E-state index in [-0.39, 0.29) is 0 Å². The van der Waals surface area contributed by atoms with E-state index in [2.05, 4.69) is 27.4 Å². The van der Waals surface area contributed by atoms with Gasteiger partial charge in [0.15, 0.2) is 5.82 Å². The van der Waals surface area contributed by atoms with Crippen LogP contribution >= 0.6 is 0 Å². The summed E-state index contributed by atoms with van der Waals surface area (Å²) in [5, 5.41) is 4.24. The van der Waals surface area contributed by atoms with Crippen molar-refractivity contribution in [3.05, 3.63) is 54.1 Å². The number of para-hydroxylation sites is 1. The summed E-state index contributed by atoms with van der Waals surface area (Å²) >= 11 is 0. The lowest BCUT2D eigenvalue weighted by Gasteiger charge is -2.09. The molecule has 0 amide bonds. The van der Waals surface area contributed by atoms with Gasteiger partial charge in [-0.25, -0.2) is 9.97 Å². The minimum atomic E-state index is 0.805. The van der Waals surface area contributed by atoms with Gasteiger partial charge in [0.2, 0.25) is 0 Å². The number of fused-ring (bicyclic) bond motifs is 1. The quantitative estimate of drug-likeness (QED) is 0.807. The molecule has 1 aromatic carbocycles. The van der Waals surface area contributed by atoms with Crippen LogP contribution in [0.25, 0.3) is 16.5 Å². The molecule has 84 valence electrons. The largest absolute Gasteiger partial charge is 0.387 e. The summed E-state index contributed by atoms with van der Waals surface area (Å²) in [7, 11) is 0. The van der Waals surface area contributed by atoms with E-state index in [4.69, 9.17) is 0 Å². The van der Waals surface area contributed by atoms with Gasteiger partial charge in [0.1, 0.15) is 0 Å². The van der Waals surface area contributed by atoms with Crippen molar-refractivity contribution >= 4 is 16.5 Å². The number of dihydropyridines is 1. The molecule has 0 saturated heterocycles. The molecule has 1 aliphatic rings. The van der Waals surface area contributed by atoms with E-state index >= 15 is 0 Å². The highest BCUT2D eigenvalue weighted by Crippen LogP contribution is 2.19. The molecule has 0 fully saturated rings. The van der Waals surface area contributed by atoms with Gasteiger partial charge < -0.3 is 5.32 Å². The minimum absolute atomic E-state index is 0.805. The normalized spacial score (nSPS) is 14.5. The molecule has 2 heterocycles. The summed E-state index contributed by atoms with van der Waals surface area (Å²) in [5.74, 6) is 0.805. The third-order valence-electron chi connectivity index (χ3n) is 2.87. The van der Waals surface area contributed by atoms with Crippen molar-refractivity contribution in [2.45, 2.75) is 6.92 Å². The lowest BCUT2D eigenvalue weighted by Crippen LogP contribution is -2.09. The molecule has 2 aromatic rings. The number of hydrogen-bond donors (Lipinski definition) is 1. The molecule has 0 radical (unpaired) electrons. The molecular formula is C14H13N3. The van der Waals surface area contributed by atoms with E-state index in [1.54, 1.807) is 0 Å². The first kappa shape index (κ1) is 10.0. The van der Waals surface area contributed by atoms with Crippen molar-refractivity contribution < 1.29 is 0 Å². The number of benzene rings is 1.